The van der Waals surface area contributed by atoms with Gasteiger partial charge in [-0.25, -0.2) is 17.9 Å². The number of aromatic nitrogens is 3. The van der Waals surface area contributed by atoms with Crippen molar-refractivity contribution in [3.63, 3.8) is 0 Å². The maximum Gasteiger partial charge on any atom is 0.213 e. The molecule has 4 rings (SSSR count). The number of fused-ring (bicyclic) bond motifs is 3. The van der Waals surface area contributed by atoms with Gasteiger partial charge in [-0.05, 0) is 36.9 Å². The molecule has 0 saturated carbocycles. The maximum absolute atomic E-state index is 13.1. The Balaban J connectivity index is 2.02. The number of thioether (sulfide) groups is 1. The van der Waals surface area contributed by atoms with E-state index in [4.69, 9.17) is 0 Å². The van der Waals surface area contributed by atoms with E-state index in [1.54, 1.807) is 41.0 Å². The van der Waals surface area contributed by atoms with Crippen LogP contribution in [0.15, 0.2) is 51.3 Å². The van der Waals surface area contributed by atoms with Crippen molar-refractivity contribution in [1.82, 2.24) is 19.9 Å². The molecule has 3 heterocycles. The molecule has 0 atom stereocenters. The number of nitrogens with zero attached hydrogens (tertiary/aromatic N) is 3. The van der Waals surface area contributed by atoms with Gasteiger partial charge in [0, 0.05) is 12.7 Å². The molecule has 1 aromatic carbocycles. The monoisotopic (exact) mass is 360 g/mol. The Labute approximate surface area is 144 Å². The molecule has 24 heavy (non-hydrogen) atoms. The minimum atomic E-state index is -3.68. The van der Waals surface area contributed by atoms with Gasteiger partial charge in [0.2, 0.25) is 9.84 Å². The number of rotatable bonds is 3. The Morgan fingerprint density at radius 1 is 1.25 bits per heavy atom. The molecule has 0 radical (unpaired) electrons. The molecule has 1 N–H and O–H groups in total. The second kappa shape index (κ2) is 5.87. The molecule has 1 aliphatic rings. The maximum atomic E-state index is 13.1. The van der Waals surface area contributed by atoms with Crippen molar-refractivity contribution in [3.8, 4) is 0 Å². The van der Waals surface area contributed by atoms with Gasteiger partial charge < -0.3 is 5.32 Å². The smallest absolute Gasteiger partial charge is 0.213 e. The lowest BCUT2D eigenvalue weighted by molar-refractivity contribution is 0.594. The minimum Gasteiger partial charge on any atom is -0.311 e. The summed E-state index contributed by atoms with van der Waals surface area (Å²) >= 11 is 1.32. The van der Waals surface area contributed by atoms with Crippen molar-refractivity contribution in [2.45, 2.75) is 27.8 Å². The summed E-state index contributed by atoms with van der Waals surface area (Å²) in [6.45, 7) is 1.56. The fourth-order valence-corrected chi connectivity index (χ4v) is 5.36. The predicted octanol–water partition coefficient (Wildman–Crippen LogP) is 1.93. The number of sulfone groups is 1. The van der Waals surface area contributed by atoms with Crippen molar-refractivity contribution in [2.75, 3.05) is 12.8 Å². The molecule has 1 aliphatic heterocycles. The summed E-state index contributed by atoms with van der Waals surface area (Å²) in [6.07, 6.45) is 4.48. The largest absolute Gasteiger partial charge is 0.311 e. The van der Waals surface area contributed by atoms with Gasteiger partial charge >= 0.3 is 0 Å². The molecule has 0 amide bonds. The fraction of sp³-hybridized carbons (Fsp3) is 0.250. The van der Waals surface area contributed by atoms with Crippen LogP contribution in [-0.4, -0.2) is 35.8 Å². The van der Waals surface area contributed by atoms with E-state index < -0.39 is 9.84 Å². The summed E-state index contributed by atoms with van der Waals surface area (Å²) in [5.74, 6) is 0. The van der Waals surface area contributed by atoms with Gasteiger partial charge in [-0.2, -0.15) is 5.10 Å². The summed E-state index contributed by atoms with van der Waals surface area (Å²) in [5, 5.41) is 8.32. The number of hydrogen-bond donors (Lipinski definition) is 1. The van der Waals surface area contributed by atoms with Crippen LogP contribution < -0.4 is 5.32 Å². The fourth-order valence-electron chi connectivity index (χ4n) is 2.94. The zero-order valence-corrected chi connectivity index (χ0v) is 14.7. The third-order valence-corrected chi connectivity index (χ3v) is 6.74. The number of benzene rings is 1. The van der Waals surface area contributed by atoms with Crippen molar-refractivity contribution >= 4 is 27.2 Å². The first kappa shape index (κ1) is 15.6. The quantitative estimate of drug-likeness (QED) is 0.719. The van der Waals surface area contributed by atoms with Gasteiger partial charge in [-0.3, -0.25) is 0 Å². The first-order valence-electron chi connectivity index (χ1n) is 7.57. The van der Waals surface area contributed by atoms with Gasteiger partial charge in [0.15, 0.2) is 10.5 Å². The highest BCUT2D eigenvalue weighted by atomic mass is 32.2. The lowest BCUT2D eigenvalue weighted by Crippen LogP contribution is -2.26. The summed E-state index contributed by atoms with van der Waals surface area (Å²) in [5.41, 5.74) is 2.49. The third kappa shape index (κ3) is 2.33. The zero-order chi connectivity index (χ0) is 16.7. The van der Waals surface area contributed by atoms with E-state index in [1.165, 1.54) is 11.8 Å². The van der Waals surface area contributed by atoms with Crippen LogP contribution in [0, 0.1) is 0 Å². The lowest BCUT2D eigenvalue weighted by atomic mass is 10.1. The van der Waals surface area contributed by atoms with Crippen LogP contribution in [0.2, 0.25) is 0 Å². The van der Waals surface area contributed by atoms with E-state index in [0.717, 1.165) is 24.2 Å². The van der Waals surface area contributed by atoms with Gasteiger partial charge in [0.05, 0.1) is 10.6 Å². The molecule has 124 valence electrons. The zero-order valence-electron chi connectivity index (χ0n) is 13.1. The highest BCUT2D eigenvalue weighted by Gasteiger charge is 2.29. The average molecular weight is 360 g/mol. The minimum absolute atomic E-state index is 0.189. The SMILES string of the molecule is CSc1nn2c3c(cnc2c1S(=O)(=O)c1ccccc1)CCNC3. The van der Waals surface area contributed by atoms with E-state index in [1.807, 2.05) is 6.26 Å². The molecule has 0 aliphatic carbocycles. The molecule has 0 spiro atoms. The number of nitrogens with one attached hydrogen (secondary N) is 1. The van der Waals surface area contributed by atoms with Crippen molar-refractivity contribution in [1.29, 1.82) is 0 Å². The summed E-state index contributed by atoms with van der Waals surface area (Å²) in [4.78, 5) is 4.88. The van der Waals surface area contributed by atoms with E-state index >= 15 is 0 Å². The summed E-state index contributed by atoms with van der Waals surface area (Å²) in [7, 11) is -3.68. The van der Waals surface area contributed by atoms with Crippen molar-refractivity contribution in [2.24, 2.45) is 0 Å². The molecule has 8 heteroatoms. The Morgan fingerprint density at radius 2 is 2.04 bits per heavy atom. The van der Waals surface area contributed by atoms with Crippen molar-refractivity contribution < 1.29 is 8.42 Å². The van der Waals surface area contributed by atoms with Crippen LogP contribution in [0.4, 0.5) is 0 Å². The summed E-state index contributed by atoms with van der Waals surface area (Å²) in [6, 6.07) is 8.43. The summed E-state index contributed by atoms with van der Waals surface area (Å²) < 4.78 is 28.0. The highest BCUT2D eigenvalue weighted by Crippen LogP contribution is 2.33. The lowest BCUT2D eigenvalue weighted by Gasteiger charge is -2.17. The second-order valence-electron chi connectivity index (χ2n) is 5.55. The van der Waals surface area contributed by atoms with E-state index in [9.17, 15) is 8.42 Å². The molecule has 3 aromatic rings. The molecule has 0 bridgehead atoms. The highest BCUT2D eigenvalue weighted by molar-refractivity contribution is 7.99. The van der Waals surface area contributed by atoms with E-state index in [2.05, 4.69) is 15.4 Å². The van der Waals surface area contributed by atoms with Crippen molar-refractivity contribution in [3.05, 3.63) is 47.8 Å². The Kier molecular flexibility index (Phi) is 3.82. The van der Waals surface area contributed by atoms with Gasteiger partial charge in [0.1, 0.15) is 5.03 Å². The third-order valence-electron chi connectivity index (χ3n) is 4.14. The average Bonchev–Trinajstić information content (AvgIpc) is 3.02. The molecule has 0 unspecified atom stereocenters. The molecule has 6 nitrogen and oxygen atoms in total. The first-order chi connectivity index (χ1) is 11.6. The Bertz CT molecular complexity index is 1010. The molecular formula is C16H16N4O2S2. The molecule has 0 fully saturated rings. The van der Waals surface area contributed by atoms with Gasteiger partial charge in [-0.15, -0.1) is 11.8 Å². The van der Waals surface area contributed by atoms with E-state index in [0.29, 0.717) is 17.2 Å². The van der Waals surface area contributed by atoms with Gasteiger partial charge in [-0.1, -0.05) is 18.2 Å². The normalized spacial score (nSPS) is 14.7. The van der Waals surface area contributed by atoms with Crippen LogP contribution >= 0.6 is 11.8 Å². The second-order valence-corrected chi connectivity index (χ2v) is 8.23. The standard InChI is InChI=1S/C16H16N4O2S2/c1-23-16-14(24(21,22)12-5-3-2-4-6-12)15-18-9-11-7-8-17-10-13(11)20(15)19-16/h2-6,9,17H,7-8,10H2,1H3. The van der Waals surface area contributed by atoms with Crippen LogP contribution in [-0.2, 0) is 22.8 Å². The molecular weight excluding hydrogens is 344 g/mol. The van der Waals surface area contributed by atoms with Gasteiger partial charge in [0.25, 0.3) is 0 Å². The Hall–Kier alpha value is -1.90. The van der Waals surface area contributed by atoms with Crippen LogP contribution in [0.3, 0.4) is 0 Å². The topological polar surface area (TPSA) is 76.4 Å². The van der Waals surface area contributed by atoms with E-state index in [-0.39, 0.29) is 9.79 Å². The molecule has 2 aromatic heterocycles. The predicted molar refractivity (Wildman–Crippen MR) is 92.1 cm³/mol. The van der Waals surface area contributed by atoms with Crippen LogP contribution in [0.25, 0.3) is 5.65 Å². The van der Waals surface area contributed by atoms with Crippen LogP contribution in [0.1, 0.15) is 11.3 Å². The molecule has 0 saturated heterocycles. The number of hydrogen-bond acceptors (Lipinski definition) is 6. The Morgan fingerprint density at radius 3 is 2.79 bits per heavy atom. The van der Waals surface area contributed by atoms with Crippen LogP contribution in [0.5, 0.6) is 0 Å². The first-order valence-corrected chi connectivity index (χ1v) is 10.3.